The van der Waals surface area contributed by atoms with E-state index >= 15 is 0 Å². The Morgan fingerprint density at radius 2 is 2.28 bits per heavy atom. The van der Waals surface area contributed by atoms with E-state index < -0.39 is 5.97 Å². The zero-order valence-electron chi connectivity index (χ0n) is 11.1. The fourth-order valence-electron chi connectivity index (χ4n) is 2.76. The van der Waals surface area contributed by atoms with Crippen molar-refractivity contribution in [3.63, 3.8) is 0 Å². The molecule has 0 radical (unpaired) electrons. The normalized spacial score (nSPS) is 22.0. The maximum absolute atomic E-state index is 10.9. The van der Waals surface area contributed by atoms with E-state index in [0.717, 1.165) is 12.1 Å². The lowest BCUT2D eigenvalue weighted by Crippen LogP contribution is -2.37. The lowest BCUT2D eigenvalue weighted by Gasteiger charge is -2.28. The van der Waals surface area contributed by atoms with Crippen LogP contribution in [-0.2, 0) is 6.54 Å². The van der Waals surface area contributed by atoms with Crippen molar-refractivity contribution in [2.45, 2.75) is 45.7 Å². The summed E-state index contributed by atoms with van der Waals surface area (Å²) in [7, 11) is 0. The van der Waals surface area contributed by atoms with E-state index in [1.165, 1.54) is 19.3 Å². The minimum Gasteiger partial charge on any atom is -0.478 e. The van der Waals surface area contributed by atoms with Gasteiger partial charge in [-0.15, -0.1) is 0 Å². The van der Waals surface area contributed by atoms with Crippen molar-refractivity contribution >= 4 is 5.97 Å². The van der Waals surface area contributed by atoms with Gasteiger partial charge in [0.1, 0.15) is 0 Å². The van der Waals surface area contributed by atoms with Gasteiger partial charge in [-0.2, -0.15) is 0 Å². The van der Waals surface area contributed by atoms with Crippen LogP contribution in [0.15, 0.2) is 24.3 Å². The van der Waals surface area contributed by atoms with Crippen LogP contribution in [-0.4, -0.2) is 17.1 Å². The van der Waals surface area contributed by atoms with Gasteiger partial charge in [-0.25, -0.2) is 4.79 Å². The summed E-state index contributed by atoms with van der Waals surface area (Å²) in [5.74, 6) is -0.863. The summed E-state index contributed by atoms with van der Waals surface area (Å²) < 4.78 is 0. The van der Waals surface area contributed by atoms with E-state index in [-0.39, 0.29) is 0 Å². The van der Waals surface area contributed by atoms with Crippen LogP contribution in [0.5, 0.6) is 0 Å². The molecule has 1 aliphatic rings. The first-order valence-electron chi connectivity index (χ1n) is 6.55. The quantitative estimate of drug-likeness (QED) is 0.859. The van der Waals surface area contributed by atoms with E-state index in [2.05, 4.69) is 19.2 Å². The highest BCUT2D eigenvalue weighted by Gasteiger charge is 2.33. The van der Waals surface area contributed by atoms with E-state index in [0.29, 0.717) is 17.0 Å². The summed E-state index contributed by atoms with van der Waals surface area (Å²) >= 11 is 0. The van der Waals surface area contributed by atoms with Gasteiger partial charge < -0.3 is 10.4 Å². The predicted octanol–water partition coefficient (Wildman–Crippen LogP) is 3.05. The van der Waals surface area contributed by atoms with Gasteiger partial charge in [0.15, 0.2) is 0 Å². The largest absolute Gasteiger partial charge is 0.478 e. The van der Waals surface area contributed by atoms with E-state index in [1.54, 1.807) is 18.2 Å². The first-order valence-corrected chi connectivity index (χ1v) is 6.55. The molecule has 1 fully saturated rings. The molecule has 98 valence electrons. The number of hydrogen-bond acceptors (Lipinski definition) is 2. The van der Waals surface area contributed by atoms with Crippen LogP contribution in [0.4, 0.5) is 0 Å². The van der Waals surface area contributed by atoms with Crippen molar-refractivity contribution in [3.8, 4) is 0 Å². The van der Waals surface area contributed by atoms with Gasteiger partial charge in [-0.3, -0.25) is 0 Å². The second kappa shape index (κ2) is 5.11. The first-order chi connectivity index (χ1) is 8.49. The first kappa shape index (κ1) is 13.1. The topological polar surface area (TPSA) is 49.3 Å². The van der Waals surface area contributed by atoms with Crippen LogP contribution in [0.25, 0.3) is 0 Å². The zero-order chi connectivity index (χ0) is 13.2. The molecular weight excluding hydrogens is 226 g/mol. The van der Waals surface area contributed by atoms with Gasteiger partial charge in [0.05, 0.1) is 5.56 Å². The highest BCUT2D eigenvalue weighted by Crippen LogP contribution is 2.37. The van der Waals surface area contributed by atoms with Crippen LogP contribution in [0.3, 0.4) is 0 Å². The zero-order valence-corrected chi connectivity index (χ0v) is 11.1. The highest BCUT2D eigenvalue weighted by atomic mass is 16.4. The van der Waals surface area contributed by atoms with E-state index in [1.807, 2.05) is 6.07 Å². The number of carboxylic acid groups (broad SMARTS) is 1. The molecule has 3 nitrogen and oxygen atoms in total. The Morgan fingerprint density at radius 1 is 1.50 bits per heavy atom. The smallest absolute Gasteiger partial charge is 0.335 e. The average Bonchev–Trinajstić information content (AvgIpc) is 2.66. The van der Waals surface area contributed by atoms with Crippen LogP contribution >= 0.6 is 0 Å². The van der Waals surface area contributed by atoms with Crippen molar-refractivity contribution in [3.05, 3.63) is 35.4 Å². The molecule has 1 aromatic carbocycles. The molecule has 0 aromatic heterocycles. The number of carbonyl (C=O) groups is 1. The Bertz CT molecular complexity index is 440. The van der Waals surface area contributed by atoms with Gasteiger partial charge in [0.2, 0.25) is 0 Å². The summed E-state index contributed by atoms with van der Waals surface area (Å²) in [5.41, 5.74) is 1.75. The molecule has 1 saturated carbocycles. The van der Waals surface area contributed by atoms with Gasteiger partial charge in [0, 0.05) is 12.6 Å². The van der Waals surface area contributed by atoms with Crippen molar-refractivity contribution in [2.75, 3.05) is 0 Å². The number of hydrogen-bond donors (Lipinski definition) is 2. The van der Waals surface area contributed by atoms with Gasteiger partial charge in [-0.1, -0.05) is 32.4 Å². The monoisotopic (exact) mass is 247 g/mol. The van der Waals surface area contributed by atoms with E-state index in [9.17, 15) is 4.79 Å². The maximum Gasteiger partial charge on any atom is 0.335 e. The molecule has 1 unspecified atom stereocenters. The molecule has 0 saturated heterocycles. The number of aromatic carboxylic acids is 1. The summed E-state index contributed by atoms with van der Waals surface area (Å²) in [6, 6.07) is 7.69. The Hall–Kier alpha value is -1.35. The van der Waals surface area contributed by atoms with Crippen LogP contribution < -0.4 is 5.32 Å². The number of rotatable bonds is 4. The Kier molecular flexibility index (Phi) is 3.71. The molecule has 1 atom stereocenters. The molecule has 1 aromatic rings. The van der Waals surface area contributed by atoms with Gasteiger partial charge in [-0.05, 0) is 36.0 Å². The third kappa shape index (κ3) is 2.91. The summed E-state index contributed by atoms with van der Waals surface area (Å²) in [6.45, 7) is 5.34. The second-order valence-corrected chi connectivity index (χ2v) is 5.82. The van der Waals surface area contributed by atoms with Gasteiger partial charge >= 0.3 is 5.97 Å². The molecule has 0 amide bonds. The van der Waals surface area contributed by atoms with Gasteiger partial charge in [0.25, 0.3) is 0 Å². The fraction of sp³-hybridized carbons (Fsp3) is 0.533. The third-order valence-corrected chi connectivity index (χ3v) is 3.98. The SMILES string of the molecule is CC1(C)CCCC1NCc1cccc(C(=O)O)c1. The van der Waals surface area contributed by atoms with Crippen molar-refractivity contribution < 1.29 is 9.90 Å². The molecule has 2 rings (SSSR count). The van der Waals surface area contributed by atoms with Crippen LogP contribution in [0, 0.1) is 5.41 Å². The Balaban J connectivity index is 1.98. The molecule has 0 heterocycles. The summed E-state index contributed by atoms with van der Waals surface area (Å²) in [5, 5.41) is 12.5. The third-order valence-electron chi connectivity index (χ3n) is 3.98. The Labute approximate surface area is 108 Å². The van der Waals surface area contributed by atoms with Crippen molar-refractivity contribution in [2.24, 2.45) is 5.41 Å². The van der Waals surface area contributed by atoms with Crippen LogP contribution in [0.2, 0.25) is 0 Å². The van der Waals surface area contributed by atoms with Crippen molar-refractivity contribution in [1.29, 1.82) is 0 Å². The molecule has 0 bridgehead atoms. The predicted molar refractivity (Wildman–Crippen MR) is 71.7 cm³/mol. The molecule has 18 heavy (non-hydrogen) atoms. The maximum atomic E-state index is 10.9. The lowest BCUT2D eigenvalue weighted by atomic mass is 9.87. The highest BCUT2D eigenvalue weighted by molar-refractivity contribution is 5.87. The average molecular weight is 247 g/mol. The number of nitrogens with one attached hydrogen (secondary N) is 1. The van der Waals surface area contributed by atoms with Crippen molar-refractivity contribution in [1.82, 2.24) is 5.32 Å². The minimum absolute atomic E-state index is 0.352. The molecule has 2 N–H and O–H groups in total. The second-order valence-electron chi connectivity index (χ2n) is 5.82. The number of benzene rings is 1. The Morgan fingerprint density at radius 3 is 2.89 bits per heavy atom. The van der Waals surface area contributed by atoms with E-state index in [4.69, 9.17) is 5.11 Å². The number of carboxylic acids is 1. The minimum atomic E-state index is -0.863. The molecule has 0 spiro atoms. The molecule has 1 aliphatic carbocycles. The summed E-state index contributed by atoms with van der Waals surface area (Å²) in [4.78, 5) is 10.9. The standard InChI is InChI=1S/C15H21NO2/c1-15(2)8-4-7-13(15)16-10-11-5-3-6-12(9-11)14(17)18/h3,5-6,9,13,16H,4,7-8,10H2,1-2H3,(H,17,18). The summed E-state index contributed by atoms with van der Waals surface area (Å²) in [6.07, 6.45) is 3.76. The lowest BCUT2D eigenvalue weighted by molar-refractivity contribution is 0.0696. The molecule has 3 heteroatoms. The molecule has 0 aliphatic heterocycles. The molecular formula is C15H21NO2. The van der Waals surface area contributed by atoms with Crippen LogP contribution in [0.1, 0.15) is 49.0 Å². The fourth-order valence-corrected chi connectivity index (χ4v) is 2.76.